The molecule has 0 saturated carbocycles. The molecule has 8 atom stereocenters. The van der Waals surface area contributed by atoms with Gasteiger partial charge in [0.15, 0.2) is 0 Å². The van der Waals surface area contributed by atoms with Crippen molar-refractivity contribution in [2.75, 3.05) is 26.7 Å². The maximum Gasteiger partial charge on any atom is 0.313 e. The van der Waals surface area contributed by atoms with E-state index in [4.69, 9.17) is 9.47 Å². The summed E-state index contributed by atoms with van der Waals surface area (Å²) >= 11 is 0. The highest BCUT2D eigenvalue weighted by Crippen LogP contribution is 2.54. The van der Waals surface area contributed by atoms with E-state index < -0.39 is 59.6 Å². The lowest BCUT2D eigenvalue weighted by atomic mass is 9.77. The number of unbranched alkanes of at least 4 members (excludes halogenated alkanes) is 2. The summed E-state index contributed by atoms with van der Waals surface area (Å²) in [5, 5.41) is 10.8. The minimum Gasteiger partial charge on any atom is -0.455 e. The van der Waals surface area contributed by atoms with Gasteiger partial charge in [-0.25, -0.2) is 0 Å². The van der Waals surface area contributed by atoms with E-state index in [1.54, 1.807) is 22.9 Å². The molecular formula is C40H49N3O7. The molecule has 1 N–H and O–H groups in total. The number of hydrogen-bond acceptors (Lipinski definition) is 7. The van der Waals surface area contributed by atoms with E-state index in [1.807, 2.05) is 85.8 Å². The molecule has 1 spiro atoms. The molecule has 0 unspecified atom stereocenters. The van der Waals surface area contributed by atoms with Crippen LogP contribution in [-0.4, -0.2) is 100 Å². The highest BCUT2D eigenvalue weighted by atomic mass is 16.6. The van der Waals surface area contributed by atoms with E-state index in [0.29, 0.717) is 25.9 Å². The van der Waals surface area contributed by atoms with Crippen LogP contribution in [0.5, 0.6) is 0 Å². The molecular weight excluding hydrogens is 634 g/mol. The van der Waals surface area contributed by atoms with E-state index in [0.717, 1.165) is 30.4 Å². The maximum atomic E-state index is 15.0. The molecule has 2 aromatic carbocycles. The first kappa shape index (κ1) is 35.5. The van der Waals surface area contributed by atoms with Gasteiger partial charge in [-0.1, -0.05) is 105 Å². The second-order valence-corrected chi connectivity index (χ2v) is 14.0. The molecule has 4 aliphatic rings. The standard InChI is InChI=1S/C40H49N3O7/c1-4-5-14-23-42-24-15-22-40-34(37(46)43(36(40)38(42)47)30(26-44)25-28-16-8-6-9-17-28)33-31(50-40)20-12-13-21-32(45)41(3)27(2)35(49-39(33)48)29-18-10-7-11-19-29/h6-12,15-20,22,27,30-31,33-36,44H,4-5,13-14,21,23-26H2,1-3H3/b20-12-/t27-,30+,31-,33+,34+,35+,36-,40+/m0/s1. The number of carbonyl (C=O) groups is 4. The molecule has 4 heterocycles. The van der Waals surface area contributed by atoms with E-state index in [1.165, 1.54) is 4.90 Å². The van der Waals surface area contributed by atoms with Crippen LogP contribution in [0.4, 0.5) is 0 Å². The van der Waals surface area contributed by atoms with Crippen molar-refractivity contribution in [1.29, 1.82) is 0 Å². The molecule has 2 saturated heterocycles. The second-order valence-electron chi connectivity index (χ2n) is 14.0. The lowest BCUT2D eigenvalue weighted by Crippen LogP contribution is -2.58. The van der Waals surface area contributed by atoms with Crippen molar-refractivity contribution in [3.8, 4) is 0 Å². The van der Waals surface area contributed by atoms with Crippen molar-refractivity contribution >= 4 is 23.7 Å². The molecule has 4 aliphatic heterocycles. The zero-order valence-corrected chi connectivity index (χ0v) is 29.2. The Kier molecular flexibility index (Phi) is 10.9. The Morgan fingerprint density at radius 3 is 2.38 bits per heavy atom. The molecule has 50 heavy (non-hydrogen) atoms. The van der Waals surface area contributed by atoms with Gasteiger partial charge in [0.1, 0.15) is 23.7 Å². The van der Waals surface area contributed by atoms with Crippen molar-refractivity contribution in [3.63, 3.8) is 0 Å². The molecule has 0 radical (unpaired) electrons. The van der Waals surface area contributed by atoms with Crippen molar-refractivity contribution < 1.29 is 33.8 Å². The molecule has 2 fully saturated rings. The Balaban J connectivity index is 1.45. The number of fused-ring (bicyclic) bond motifs is 2. The summed E-state index contributed by atoms with van der Waals surface area (Å²) < 4.78 is 13.2. The van der Waals surface area contributed by atoms with Crippen molar-refractivity contribution in [2.45, 2.75) is 88.3 Å². The first-order valence-electron chi connectivity index (χ1n) is 18.0. The monoisotopic (exact) mass is 683 g/mol. The van der Waals surface area contributed by atoms with Crippen LogP contribution in [0.3, 0.4) is 0 Å². The summed E-state index contributed by atoms with van der Waals surface area (Å²) in [5.74, 6) is -3.55. The van der Waals surface area contributed by atoms with Gasteiger partial charge >= 0.3 is 5.97 Å². The number of allylic oxidation sites excluding steroid dienone is 1. The number of esters is 1. The average Bonchev–Trinajstić information content (AvgIpc) is 3.53. The summed E-state index contributed by atoms with van der Waals surface area (Å²) in [6.45, 7) is 4.44. The van der Waals surface area contributed by atoms with Gasteiger partial charge in [0.2, 0.25) is 17.7 Å². The summed E-state index contributed by atoms with van der Waals surface area (Å²) in [6, 6.07) is 16.5. The SMILES string of the molecule is CCCCCN1CC=C[C@@]23O[C@H]4/C=C\CCC(=O)N(C)[C@@H](C)[C@H](c5ccccc5)OC(=O)[C@H]4[C@@H]2C(=O)N([C@@H](CO)Cc2ccccc2)[C@H]3C1=O. The molecule has 3 amide bonds. The lowest BCUT2D eigenvalue weighted by molar-refractivity contribution is -0.164. The fraction of sp³-hybridized carbons (Fsp3) is 0.500. The van der Waals surface area contributed by atoms with Gasteiger partial charge in [0.25, 0.3) is 0 Å². The molecule has 10 nitrogen and oxygen atoms in total. The van der Waals surface area contributed by atoms with E-state index in [-0.39, 0.29) is 24.8 Å². The third-order valence-corrected chi connectivity index (χ3v) is 10.9. The number of benzene rings is 2. The van der Waals surface area contributed by atoms with Crippen LogP contribution < -0.4 is 0 Å². The van der Waals surface area contributed by atoms with Crippen LogP contribution in [0.1, 0.15) is 63.2 Å². The quantitative estimate of drug-likeness (QED) is 0.239. The number of ether oxygens (including phenoxy) is 2. The number of aliphatic hydroxyl groups is 1. The number of amides is 3. The lowest BCUT2D eigenvalue weighted by Gasteiger charge is -2.38. The van der Waals surface area contributed by atoms with E-state index >= 15 is 0 Å². The molecule has 6 rings (SSSR count). The van der Waals surface area contributed by atoms with Crippen LogP contribution >= 0.6 is 0 Å². The second kappa shape index (κ2) is 15.3. The number of hydrogen-bond donors (Lipinski definition) is 1. The average molecular weight is 684 g/mol. The van der Waals surface area contributed by atoms with Gasteiger partial charge in [-0.15, -0.1) is 0 Å². The Hall–Kier alpha value is -4.28. The summed E-state index contributed by atoms with van der Waals surface area (Å²) in [4.78, 5) is 62.4. The van der Waals surface area contributed by atoms with E-state index in [9.17, 15) is 24.3 Å². The highest BCUT2D eigenvalue weighted by molar-refractivity contribution is 5.99. The Bertz CT molecular complexity index is 1600. The minimum atomic E-state index is -1.48. The Labute approximate surface area is 294 Å². The van der Waals surface area contributed by atoms with Crippen LogP contribution in [0.2, 0.25) is 0 Å². The zero-order chi connectivity index (χ0) is 35.4. The number of rotatable bonds is 9. The van der Waals surface area contributed by atoms with Gasteiger partial charge < -0.3 is 29.3 Å². The van der Waals surface area contributed by atoms with Crippen LogP contribution in [0.25, 0.3) is 0 Å². The summed E-state index contributed by atoms with van der Waals surface area (Å²) in [5.41, 5.74) is 0.155. The van der Waals surface area contributed by atoms with Gasteiger partial charge in [0, 0.05) is 26.6 Å². The molecule has 0 bridgehead atoms. The van der Waals surface area contributed by atoms with Crippen LogP contribution in [0, 0.1) is 11.8 Å². The fourth-order valence-corrected chi connectivity index (χ4v) is 8.16. The molecule has 2 aromatic rings. The fourth-order valence-electron chi connectivity index (χ4n) is 8.16. The van der Waals surface area contributed by atoms with Crippen molar-refractivity contribution in [2.24, 2.45) is 11.8 Å². The van der Waals surface area contributed by atoms with Crippen LogP contribution in [0.15, 0.2) is 85.0 Å². The third-order valence-electron chi connectivity index (χ3n) is 10.9. The number of cyclic esters (lactones) is 1. The first-order chi connectivity index (χ1) is 24.2. The Morgan fingerprint density at radius 2 is 1.68 bits per heavy atom. The summed E-state index contributed by atoms with van der Waals surface area (Å²) in [6.07, 6.45) is 9.31. The molecule has 0 aromatic heterocycles. The highest BCUT2D eigenvalue weighted by Gasteiger charge is 2.72. The molecule has 266 valence electrons. The number of aliphatic hydroxyl groups excluding tert-OH is 1. The predicted molar refractivity (Wildman–Crippen MR) is 187 cm³/mol. The van der Waals surface area contributed by atoms with Gasteiger partial charge in [0.05, 0.1) is 30.7 Å². The number of likely N-dealkylation sites (N-methyl/N-ethyl adjacent to an activating group) is 1. The van der Waals surface area contributed by atoms with Crippen molar-refractivity contribution in [3.05, 3.63) is 96.1 Å². The normalized spacial score (nSPS) is 31.2. The molecule has 0 aliphatic carbocycles. The Morgan fingerprint density at radius 1 is 0.960 bits per heavy atom. The van der Waals surface area contributed by atoms with Gasteiger partial charge in [-0.2, -0.15) is 0 Å². The summed E-state index contributed by atoms with van der Waals surface area (Å²) in [7, 11) is 1.71. The maximum absolute atomic E-state index is 15.0. The zero-order valence-electron chi connectivity index (χ0n) is 29.2. The van der Waals surface area contributed by atoms with Crippen molar-refractivity contribution in [1.82, 2.24) is 14.7 Å². The topological polar surface area (TPSA) is 117 Å². The van der Waals surface area contributed by atoms with Gasteiger partial charge in [-0.05, 0) is 37.3 Å². The smallest absolute Gasteiger partial charge is 0.313 e. The largest absolute Gasteiger partial charge is 0.455 e. The molecule has 10 heteroatoms. The third kappa shape index (κ3) is 6.63. The van der Waals surface area contributed by atoms with E-state index in [2.05, 4.69) is 6.92 Å². The number of carbonyl (C=O) groups excluding carboxylic acids is 4. The van der Waals surface area contributed by atoms with Gasteiger partial charge in [-0.3, -0.25) is 19.2 Å². The predicted octanol–water partition coefficient (Wildman–Crippen LogP) is 4.24. The first-order valence-corrected chi connectivity index (χ1v) is 18.0. The van der Waals surface area contributed by atoms with Crippen LogP contribution in [-0.2, 0) is 35.1 Å². The number of likely N-dealkylation sites (tertiary alicyclic amines) is 1. The minimum absolute atomic E-state index is 0.0844. The number of nitrogens with zero attached hydrogens (tertiary/aromatic N) is 3.